The normalized spacial score (nSPS) is 19.5. The van der Waals surface area contributed by atoms with Crippen molar-refractivity contribution in [2.75, 3.05) is 11.9 Å². The van der Waals surface area contributed by atoms with Crippen molar-refractivity contribution in [3.8, 4) is 0 Å². The van der Waals surface area contributed by atoms with E-state index in [1.807, 2.05) is 59.5 Å². The Hall–Kier alpha value is -3.40. The molecule has 3 aromatic rings. The van der Waals surface area contributed by atoms with E-state index in [9.17, 15) is 9.59 Å². The standard InChI is InChI=1S/C26H24N2O2/c1-2-17-8-7-10-19(16-17)27-25(29)23-21-12-5-6-13-22(21)26(30)28-15-14-18-9-3-4-11-20(18)24(23)28/h3-13,16,23-24H,2,14-15H2,1H3,(H,27,29). The molecule has 0 aromatic heterocycles. The summed E-state index contributed by atoms with van der Waals surface area (Å²) in [6, 6.07) is 23.4. The molecule has 2 heterocycles. The maximum Gasteiger partial charge on any atom is 0.254 e. The van der Waals surface area contributed by atoms with Gasteiger partial charge in [0, 0.05) is 17.8 Å². The maximum atomic E-state index is 13.7. The number of benzene rings is 3. The molecule has 0 saturated heterocycles. The zero-order valence-corrected chi connectivity index (χ0v) is 17.0. The van der Waals surface area contributed by atoms with Crippen LogP contribution in [0.2, 0.25) is 0 Å². The molecule has 2 atom stereocenters. The van der Waals surface area contributed by atoms with Crippen molar-refractivity contribution in [2.45, 2.75) is 31.7 Å². The Labute approximate surface area is 176 Å². The second kappa shape index (κ2) is 7.45. The van der Waals surface area contributed by atoms with Crippen molar-refractivity contribution >= 4 is 17.5 Å². The van der Waals surface area contributed by atoms with Gasteiger partial charge in [-0.3, -0.25) is 9.59 Å². The lowest BCUT2D eigenvalue weighted by Crippen LogP contribution is -2.49. The van der Waals surface area contributed by atoms with Gasteiger partial charge in [0.2, 0.25) is 5.91 Å². The molecule has 1 N–H and O–H groups in total. The number of carbonyl (C=O) groups excluding carboxylic acids is 2. The second-order valence-electron chi connectivity index (χ2n) is 8.00. The molecule has 2 amide bonds. The zero-order chi connectivity index (χ0) is 20.7. The van der Waals surface area contributed by atoms with E-state index >= 15 is 0 Å². The molecule has 0 bridgehead atoms. The third-order valence-corrected chi connectivity index (χ3v) is 6.32. The summed E-state index contributed by atoms with van der Waals surface area (Å²) < 4.78 is 0. The van der Waals surface area contributed by atoms with Crippen molar-refractivity contribution in [3.63, 3.8) is 0 Å². The van der Waals surface area contributed by atoms with Crippen LogP contribution in [0.3, 0.4) is 0 Å². The Morgan fingerprint density at radius 2 is 1.77 bits per heavy atom. The van der Waals surface area contributed by atoms with Crippen LogP contribution in [-0.2, 0) is 17.6 Å². The number of anilines is 1. The molecular weight excluding hydrogens is 372 g/mol. The maximum absolute atomic E-state index is 13.7. The Bertz CT molecular complexity index is 1140. The van der Waals surface area contributed by atoms with E-state index in [1.165, 1.54) is 11.1 Å². The van der Waals surface area contributed by atoms with Crippen molar-refractivity contribution in [2.24, 2.45) is 0 Å². The van der Waals surface area contributed by atoms with Crippen LogP contribution in [0.15, 0.2) is 72.8 Å². The number of hydrogen-bond acceptors (Lipinski definition) is 2. The van der Waals surface area contributed by atoms with Gasteiger partial charge in [-0.05, 0) is 53.3 Å². The molecule has 3 aromatic carbocycles. The first-order valence-corrected chi connectivity index (χ1v) is 10.5. The molecule has 0 saturated carbocycles. The molecule has 0 spiro atoms. The highest BCUT2D eigenvalue weighted by molar-refractivity contribution is 6.04. The molecular formula is C26H24N2O2. The number of aryl methyl sites for hydroxylation is 1. The first kappa shape index (κ1) is 18.6. The van der Waals surface area contributed by atoms with Crippen LogP contribution in [0.4, 0.5) is 5.69 Å². The SMILES string of the molecule is CCc1cccc(NC(=O)C2c3ccccc3C(=O)N3CCc4ccccc4C23)c1. The third-order valence-electron chi connectivity index (χ3n) is 6.32. The van der Waals surface area contributed by atoms with Crippen LogP contribution >= 0.6 is 0 Å². The van der Waals surface area contributed by atoms with E-state index in [1.54, 1.807) is 0 Å². The molecule has 0 radical (unpaired) electrons. The molecule has 5 rings (SSSR count). The highest BCUT2D eigenvalue weighted by atomic mass is 16.2. The monoisotopic (exact) mass is 396 g/mol. The molecule has 4 heteroatoms. The smallest absolute Gasteiger partial charge is 0.254 e. The average Bonchev–Trinajstić information content (AvgIpc) is 2.79. The Balaban J connectivity index is 1.61. The van der Waals surface area contributed by atoms with Gasteiger partial charge in [0.1, 0.15) is 0 Å². The van der Waals surface area contributed by atoms with Crippen molar-refractivity contribution in [1.82, 2.24) is 4.90 Å². The number of rotatable bonds is 3. The molecule has 2 aliphatic heterocycles. The number of hydrogen-bond donors (Lipinski definition) is 1. The molecule has 0 aliphatic carbocycles. The largest absolute Gasteiger partial charge is 0.330 e. The fourth-order valence-corrected chi connectivity index (χ4v) is 4.85. The number of nitrogens with zero attached hydrogens (tertiary/aromatic N) is 1. The molecule has 2 aliphatic rings. The van der Waals surface area contributed by atoms with E-state index < -0.39 is 5.92 Å². The van der Waals surface area contributed by atoms with Crippen LogP contribution in [0.25, 0.3) is 0 Å². The minimum atomic E-state index is -0.453. The van der Waals surface area contributed by atoms with Gasteiger partial charge in [-0.25, -0.2) is 0 Å². The molecule has 30 heavy (non-hydrogen) atoms. The summed E-state index contributed by atoms with van der Waals surface area (Å²) >= 11 is 0. The van der Waals surface area contributed by atoms with E-state index in [-0.39, 0.29) is 17.9 Å². The van der Waals surface area contributed by atoms with Gasteiger partial charge in [0.05, 0.1) is 12.0 Å². The van der Waals surface area contributed by atoms with Gasteiger partial charge in [-0.2, -0.15) is 0 Å². The summed E-state index contributed by atoms with van der Waals surface area (Å²) in [5.74, 6) is -0.511. The summed E-state index contributed by atoms with van der Waals surface area (Å²) in [7, 11) is 0. The van der Waals surface area contributed by atoms with Crippen LogP contribution < -0.4 is 5.32 Å². The summed E-state index contributed by atoms with van der Waals surface area (Å²) in [5, 5.41) is 3.13. The van der Waals surface area contributed by atoms with Crippen molar-refractivity contribution < 1.29 is 9.59 Å². The Morgan fingerprint density at radius 3 is 2.60 bits per heavy atom. The van der Waals surface area contributed by atoms with Gasteiger partial charge in [0.25, 0.3) is 5.91 Å². The van der Waals surface area contributed by atoms with Gasteiger partial charge >= 0.3 is 0 Å². The van der Waals surface area contributed by atoms with Crippen molar-refractivity contribution in [3.05, 3.63) is 101 Å². The minimum absolute atomic E-state index is 0.0159. The van der Waals surface area contributed by atoms with Crippen LogP contribution in [-0.4, -0.2) is 23.3 Å². The minimum Gasteiger partial charge on any atom is -0.330 e. The van der Waals surface area contributed by atoms with Crippen LogP contribution in [0, 0.1) is 0 Å². The topological polar surface area (TPSA) is 49.4 Å². The van der Waals surface area contributed by atoms with E-state index in [0.29, 0.717) is 12.1 Å². The number of nitrogens with one attached hydrogen (secondary N) is 1. The molecule has 2 unspecified atom stereocenters. The van der Waals surface area contributed by atoms with E-state index in [4.69, 9.17) is 0 Å². The highest BCUT2D eigenvalue weighted by Crippen LogP contribution is 2.46. The number of amides is 2. The van der Waals surface area contributed by atoms with Gasteiger partial charge in [-0.15, -0.1) is 0 Å². The molecule has 4 nitrogen and oxygen atoms in total. The summed E-state index contributed by atoms with van der Waals surface area (Å²) in [5.41, 5.74) is 5.71. The van der Waals surface area contributed by atoms with Crippen LogP contribution in [0.1, 0.15) is 51.5 Å². The Morgan fingerprint density at radius 1 is 1.00 bits per heavy atom. The number of fused-ring (bicyclic) bond motifs is 4. The quantitative estimate of drug-likeness (QED) is 0.696. The highest BCUT2D eigenvalue weighted by Gasteiger charge is 2.46. The van der Waals surface area contributed by atoms with Gasteiger partial charge in [-0.1, -0.05) is 61.5 Å². The zero-order valence-electron chi connectivity index (χ0n) is 17.0. The lowest BCUT2D eigenvalue weighted by atomic mass is 9.76. The lowest BCUT2D eigenvalue weighted by Gasteiger charge is -2.45. The first-order chi connectivity index (χ1) is 14.7. The van der Waals surface area contributed by atoms with Gasteiger partial charge in [0.15, 0.2) is 0 Å². The molecule has 0 fully saturated rings. The second-order valence-corrected chi connectivity index (χ2v) is 8.00. The van der Waals surface area contributed by atoms with E-state index in [2.05, 4.69) is 30.4 Å². The van der Waals surface area contributed by atoms with Gasteiger partial charge < -0.3 is 10.2 Å². The first-order valence-electron chi connectivity index (χ1n) is 10.5. The third kappa shape index (κ3) is 3.00. The summed E-state index contributed by atoms with van der Waals surface area (Å²) in [6.45, 7) is 2.73. The Kier molecular flexibility index (Phi) is 4.62. The van der Waals surface area contributed by atoms with Crippen LogP contribution in [0.5, 0.6) is 0 Å². The number of carbonyl (C=O) groups is 2. The fraction of sp³-hybridized carbons (Fsp3) is 0.231. The molecule has 150 valence electrons. The average molecular weight is 396 g/mol. The fourth-order valence-electron chi connectivity index (χ4n) is 4.85. The summed E-state index contributed by atoms with van der Waals surface area (Å²) in [6.07, 6.45) is 1.72. The van der Waals surface area contributed by atoms with Crippen molar-refractivity contribution in [1.29, 1.82) is 0 Å². The van der Waals surface area contributed by atoms with E-state index in [0.717, 1.165) is 29.7 Å². The predicted molar refractivity (Wildman–Crippen MR) is 118 cm³/mol. The lowest BCUT2D eigenvalue weighted by molar-refractivity contribution is -0.119. The predicted octanol–water partition coefficient (Wildman–Crippen LogP) is 4.72. The summed E-state index contributed by atoms with van der Waals surface area (Å²) in [4.78, 5) is 28.8.